The smallest absolute Gasteiger partial charge is 0.0165 e. The quantitative estimate of drug-likeness (QED) is 0.138. The van der Waals surface area contributed by atoms with Crippen LogP contribution in [0.4, 0.5) is 0 Å². The fraction of sp³-hybridized carbons (Fsp3) is 0.0638. The summed E-state index contributed by atoms with van der Waals surface area (Å²) in [6, 6.07) is 58.9. The molecular weight excluding hydrogens is 565 g/mol. The first kappa shape index (κ1) is 26.5. The summed E-state index contributed by atoms with van der Waals surface area (Å²) < 4.78 is 0. The Balaban J connectivity index is 1.33. The molecule has 1 aliphatic rings. The number of hydrogen-bond acceptors (Lipinski definition) is 0. The molecule has 0 unspecified atom stereocenters. The highest BCUT2D eigenvalue weighted by molar-refractivity contribution is 6.29. The Bertz CT molecular complexity index is 2750. The maximum absolute atomic E-state index is 2.50. The highest BCUT2D eigenvalue weighted by atomic mass is 14.4. The van der Waals surface area contributed by atoms with Gasteiger partial charge in [0.1, 0.15) is 0 Å². The van der Waals surface area contributed by atoms with Crippen molar-refractivity contribution in [3.63, 3.8) is 0 Å². The molecule has 9 aromatic carbocycles. The molecule has 0 aliphatic heterocycles. The Labute approximate surface area is 274 Å². The van der Waals surface area contributed by atoms with Crippen LogP contribution in [0.2, 0.25) is 0 Å². The summed E-state index contributed by atoms with van der Waals surface area (Å²) >= 11 is 0. The molecular formula is C47H32. The molecule has 0 saturated carbocycles. The van der Waals surface area contributed by atoms with Gasteiger partial charge in [-0.1, -0.05) is 166 Å². The van der Waals surface area contributed by atoms with Crippen LogP contribution in [0.5, 0.6) is 0 Å². The molecule has 0 nitrogen and oxygen atoms in total. The van der Waals surface area contributed by atoms with Crippen molar-refractivity contribution in [2.24, 2.45) is 0 Å². The second-order valence-electron chi connectivity index (χ2n) is 13.6. The van der Waals surface area contributed by atoms with Gasteiger partial charge in [0.05, 0.1) is 0 Å². The molecule has 9 aromatic rings. The van der Waals surface area contributed by atoms with Crippen LogP contribution < -0.4 is 0 Å². The maximum atomic E-state index is 2.50. The molecule has 0 aromatic heterocycles. The lowest BCUT2D eigenvalue weighted by molar-refractivity contribution is 0.666. The van der Waals surface area contributed by atoms with Crippen LogP contribution in [0.1, 0.15) is 25.0 Å². The SMILES string of the molecule is CC1(C)c2cc(-c3c4ccccc4c(-c4cccc5ccccc45)c4c3ccc3ccccc34)ccc2-c2ccc3ccccc3c21. The highest BCUT2D eigenvalue weighted by Gasteiger charge is 2.37. The van der Waals surface area contributed by atoms with E-state index in [1.165, 1.54) is 98.4 Å². The lowest BCUT2D eigenvalue weighted by Gasteiger charge is -2.24. The van der Waals surface area contributed by atoms with Crippen LogP contribution >= 0.6 is 0 Å². The Morgan fingerprint density at radius 3 is 1.68 bits per heavy atom. The van der Waals surface area contributed by atoms with E-state index in [-0.39, 0.29) is 5.41 Å². The van der Waals surface area contributed by atoms with Crippen LogP contribution in [-0.4, -0.2) is 0 Å². The van der Waals surface area contributed by atoms with Crippen molar-refractivity contribution in [2.45, 2.75) is 19.3 Å². The Hall–Kier alpha value is -5.72. The fourth-order valence-electron chi connectivity index (χ4n) is 8.74. The van der Waals surface area contributed by atoms with Gasteiger partial charge >= 0.3 is 0 Å². The Morgan fingerprint density at radius 2 is 0.915 bits per heavy atom. The van der Waals surface area contributed by atoms with Gasteiger partial charge in [-0.3, -0.25) is 0 Å². The number of rotatable bonds is 2. The van der Waals surface area contributed by atoms with E-state index in [2.05, 4.69) is 172 Å². The zero-order valence-corrected chi connectivity index (χ0v) is 26.5. The Morgan fingerprint density at radius 1 is 0.362 bits per heavy atom. The first-order chi connectivity index (χ1) is 23.1. The van der Waals surface area contributed by atoms with E-state index in [1.54, 1.807) is 0 Å². The minimum Gasteiger partial charge on any atom is -0.0616 e. The van der Waals surface area contributed by atoms with Crippen molar-refractivity contribution in [3.8, 4) is 33.4 Å². The van der Waals surface area contributed by atoms with E-state index < -0.39 is 0 Å². The average Bonchev–Trinajstić information content (AvgIpc) is 3.36. The lowest BCUT2D eigenvalue weighted by atomic mass is 9.78. The van der Waals surface area contributed by atoms with Crippen LogP contribution in [0.15, 0.2) is 158 Å². The predicted molar refractivity (Wildman–Crippen MR) is 202 cm³/mol. The summed E-state index contributed by atoms with van der Waals surface area (Å²) in [4.78, 5) is 0. The van der Waals surface area contributed by atoms with Gasteiger partial charge in [0.15, 0.2) is 0 Å². The van der Waals surface area contributed by atoms with E-state index in [9.17, 15) is 0 Å². The molecule has 0 fully saturated rings. The topological polar surface area (TPSA) is 0 Å². The third-order valence-electron chi connectivity index (χ3n) is 10.8. The van der Waals surface area contributed by atoms with Gasteiger partial charge in [0, 0.05) is 5.41 Å². The first-order valence-corrected chi connectivity index (χ1v) is 16.6. The van der Waals surface area contributed by atoms with Crippen molar-refractivity contribution < 1.29 is 0 Å². The molecule has 0 saturated heterocycles. The van der Waals surface area contributed by atoms with Crippen LogP contribution in [0.25, 0.3) is 87.2 Å². The summed E-state index contributed by atoms with van der Waals surface area (Å²) in [5.74, 6) is 0. The summed E-state index contributed by atoms with van der Waals surface area (Å²) in [7, 11) is 0. The zero-order valence-electron chi connectivity index (χ0n) is 26.5. The first-order valence-electron chi connectivity index (χ1n) is 16.6. The summed E-state index contributed by atoms with van der Waals surface area (Å²) in [5.41, 5.74) is 10.6. The second-order valence-corrected chi connectivity index (χ2v) is 13.6. The minimum atomic E-state index is -0.122. The van der Waals surface area contributed by atoms with Gasteiger partial charge in [-0.05, 0) is 104 Å². The normalized spacial score (nSPS) is 13.5. The molecule has 0 bridgehead atoms. The van der Waals surface area contributed by atoms with Gasteiger partial charge in [0.2, 0.25) is 0 Å². The standard InChI is InChI=1S/C47H32/c1-47(2)42-28-32(24-25-36(42)40-26-22-31-14-5-8-18-35(31)46(40)47)43-38-19-9-10-20-39(38)45(37-21-11-15-29-12-3-6-16-33(29)37)44-34-17-7-4-13-30(34)23-27-41(43)44/h3-28H,1-2H3. The zero-order chi connectivity index (χ0) is 31.3. The third kappa shape index (κ3) is 3.64. The van der Waals surface area contributed by atoms with Gasteiger partial charge in [0.25, 0.3) is 0 Å². The minimum absolute atomic E-state index is 0.122. The maximum Gasteiger partial charge on any atom is 0.0165 e. The lowest BCUT2D eigenvalue weighted by Crippen LogP contribution is -2.15. The van der Waals surface area contributed by atoms with Crippen molar-refractivity contribution in [1.29, 1.82) is 0 Å². The number of hydrogen-bond donors (Lipinski definition) is 0. The third-order valence-corrected chi connectivity index (χ3v) is 10.8. The van der Waals surface area contributed by atoms with Crippen molar-refractivity contribution >= 4 is 53.9 Å². The van der Waals surface area contributed by atoms with E-state index >= 15 is 0 Å². The molecule has 0 N–H and O–H groups in total. The number of benzene rings is 9. The van der Waals surface area contributed by atoms with Gasteiger partial charge < -0.3 is 0 Å². The van der Waals surface area contributed by atoms with E-state index in [4.69, 9.17) is 0 Å². The molecule has 47 heavy (non-hydrogen) atoms. The molecule has 220 valence electrons. The predicted octanol–water partition coefficient (Wildman–Crippen LogP) is 13.1. The molecule has 10 rings (SSSR count). The summed E-state index contributed by atoms with van der Waals surface area (Å²) in [5, 5.41) is 13.0. The monoisotopic (exact) mass is 596 g/mol. The Kier molecular flexibility index (Phi) is 5.44. The highest BCUT2D eigenvalue weighted by Crippen LogP contribution is 2.54. The van der Waals surface area contributed by atoms with E-state index in [1.807, 2.05) is 0 Å². The number of fused-ring (bicyclic) bond motifs is 10. The van der Waals surface area contributed by atoms with Crippen molar-refractivity contribution in [1.82, 2.24) is 0 Å². The molecule has 0 radical (unpaired) electrons. The fourth-order valence-corrected chi connectivity index (χ4v) is 8.74. The molecule has 0 heteroatoms. The van der Waals surface area contributed by atoms with Crippen molar-refractivity contribution in [2.75, 3.05) is 0 Å². The van der Waals surface area contributed by atoms with Crippen LogP contribution in [-0.2, 0) is 5.41 Å². The van der Waals surface area contributed by atoms with Gasteiger partial charge in [-0.25, -0.2) is 0 Å². The summed E-state index contributed by atoms with van der Waals surface area (Å²) in [6.45, 7) is 4.81. The van der Waals surface area contributed by atoms with Gasteiger partial charge in [-0.15, -0.1) is 0 Å². The molecule has 0 spiro atoms. The largest absolute Gasteiger partial charge is 0.0616 e. The van der Waals surface area contributed by atoms with Crippen molar-refractivity contribution in [3.05, 3.63) is 169 Å². The molecule has 1 aliphatic carbocycles. The van der Waals surface area contributed by atoms with E-state index in [0.717, 1.165) is 0 Å². The van der Waals surface area contributed by atoms with Crippen LogP contribution in [0.3, 0.4) is 0 Å². The van der Waals surface area contributed by atoms with E-state index in [0.29, 0.717) is 0 Å². The summed E-state index contributed by atoms with van der Waals surface area (Å²) in [6.07, 6.45) is 0. The van der Waals surface area contributed by atoms with Crippen LogP contribution in [0, 0.1) is 0 Å². The second kappa shape index (κ2) is 9.64. The average molecular weight is 597 g/mol. The van der Waals surface area contributed by atoms with Gasteiger partial charge in [-0.2, -0.15) is 0 Å². The molecule has 0 heterocycles. The molecule has 0 atom stereocenters. The molecule has 0 amide bonds.